The van der Waals surface area contributed by atoms with E-state index in [1.54, 1.807) is 29.1 Å². The molecule has 3 rings (SSSR count). The average molecular weight is 524 g/mol. The van der Waals surface area contributed by atoms with E-state index in [1.807, 2.05) is 38.1 Å². The molecule has 0 bridgehead atoms. The number of aromatic nitrogens is 2. The third kappa shape index (κ3) is 4.90. The second kappa shape index (κ2) is 9.99. The summed E-state index contributed by atoms with van der Waals surface area (Å²) in [5, 5.41) is 16.5. The van der Waals surface area contributed by atoms with Crippen molar-refractivity contribution >= 4 is 46.3 Å². The zero-order valence-corrected chi connectivity index (χ0v) is 23.2. The van der Waals surface area contributed by atoms with Gasteiger partial charge in [0.1, 0.15) is 19.5 Å². The van der Waals surface area contributed by atoms with Gasteiger partial charge in [-0.2, -0.15) is 5.10 Å². The maximum absolute atomic E-state index is 13.1. The first-order chi connectivity index (χ1) is 15.9. The topological polar surface area (TPSA) is 84.7 Å². The fourth-order valence-electron chi connectivity index (χ4n) is 4.38. The van der Waals surface area contributed by atoms with Crippen LogP contribution in [-0.2, 0) is 20.3 Å². The monoisotopic (exact) mass is 523 g/mol. The molecule has 0 radical (unpaired) electrons. The number of anilines is 1. The number of aliphatic hydroxyl groups excluding tert-OH is 1. The van der Waals surface area contributed by atoms with E-state index in [0.717, 1.165) is 11.1 Å². The second-order valence-electron chi connectivity index (χ2n) is 9.55. The molecular weight excluding hydrogens is 490 g/mol. The Morgan fingerprint density at radius 3 is 2.32 bits per heavy atom. The summed E-state index contributed by atoms with van der Waals surface area (Å²) in [6.45, 7) is 10.3. The molecule has 2 atom stereocenters. The van der Waals surface area contributed by atoms with Gasteiger partial charge in [0.25, 0.3) is 0 Å². The first-order valence-corrected chi connectivity index (χ1v) is 17.2. The molecule has 0 spiro atoms. The summed E-state index contributed by atoms with van der Waals surface area (Å²) in [5.74, 6) is -0.577. The zero-order valence-electron chi connectivity index (χ0n) is 20.6. The number of aliphatic hydroxyl groups is 1. The van der Waals surface area contributed by atoms with Crippen molar-refractivity contribution in [3.05, 3.63) is 59.2 Å². The van der Waals surface area contributed by atoms with E-state index in [-0.39, 0.29) is 6.61 Å². The van der Waals surface area contributed by atoms with Crippen LogP contribution in [0.2, 0.25) is 24.7 Å². The van der Waals surface area contributed by atoms with Crippen molar-refractivity contribution in [2.45, 2.75) is 51.3 Å². The quantitative estimate of drug-likeness (QED) is 0.303. The lowest BCUT2D eigenvalue weighted by Crippen LogP contribution is -2.55. The third-order valence-corrected chi connectivity index (χ3v) is 9.55. The van der Waals surface area contributed by atoms with Gasteiger partial charge in [0.2, 0.25) is 10.0 Å². The van der Waals surface area contributed by atoms with E-state index in [9.17, 15) is 13.5 Å². The van der Waals surface area contributed by atoms with Crippen LogP contribution < -0.4 is 4.31 Å². The first kappa shape index (κ1) is 26.7. The van der Waals surface area contributed by atoms with E-state index in [4.69, 9.17) is 16.3 Å². The zero-order chi connectivity index (χ0) is 25.3. The highest BCUT2D eigenvalue weighted by molar-refractivity contribution is 7.92. The minimum Gasteiger partial charge on any atom is -0.393 e. The van der Waals surface area contributed by atoms with Crippen LogP contribution in [0.3, 0.4) is 0 Å². The van der Waals surface area contributed by atoms with Crippen molar-refractivity contribution < 1.29 is 18.3 Å². The van der Waals surface area contributed by atoms with Gasteiger partial charge in [-0.1, -0.05) is 56.4 Å². The molecule has 0 fully saturated rings. The van der Waals surface area contributed by atoms with Crippen LogP contribution in [0.4, 0.5) is 5.69 Å². The Balaban J connectivity index is 2.29. The van der Waals surface area contributed by atoms with Crippen LogP contribution >= 0.6 is 11.6 Å². The minimum atomic E-state index is -3.67. The molecule has 2 unspecified atom stereocenters. The summed E-state index contributed by atoms with van der Waals surface area (Å²) >= 11 is 6.10. The van der Waals surface area contributed by atoms with E-state index >= 15 is 0 Å². The number of sulfonamides is 1. The first-order valence-electron chi connectivity index (χ1n) is 11.4. The highest BCUT2D eigenvalue weighted by atomic mass is 35.5. The van der Waals surface area contributed by atoms with Gasteiger partial charge in [-0.25, -0.2) is 12.7 Å². The molecule has 0 amide bonds. The van der Waals surface area contributed by atoms with E-state index in [1.165, 1.54) is 10.6 Å². The number of ether oxygens (including phenoxy) is 1. The Morgan fingerprint density at radius 1 is 1.18 bits per heavy atom. The summed E-state index contributed by atoms with van der Waals surface area (Å²) in [6.07, 6.45) is 3.45. The van der Waals surface area contributed by atoms with E-state index in [2.05, 4.69) is 24.7 Å². The minimum absolute atomic E-state index is 0.182. The van der Waals surface area contributed by atoms with Gasteiger partial charge in [-0.05, 0) is 43.2 Å². The van der Waals surface area contributed by atoms with Crippen LogP contribution in [-0.4, -0.2) is 56.7 Å². The molecule has 1 N–H and O–H groups in total. The smallest absolute Gasteiger partial charge is 0.234 e. The molecule has 34 heavy (non-hydrogen) atoms. The molecule has 0 saturated carbocycles. The maximum Gasteiger partial charge on any atom is 0.234 e. The molecule has 3 aromatic rings. The summed E-state index contributed by atoms with van der Waals surface area (Å²) < 4.78 is 35.4. The molecule has 0 aliphatic heterocycles. The third-order valence-electron chi connectivity index (χ3n) is 6.10. The lowest BCUT2D eigenvalue weighted by Gasteiger charge is -2.38. The molecule has 0 aliphatic carbocycles. The molecule has 186 valence electrons. The van der Waals surface area contributed by atoms with Gasteiger partial charge in [-0.3, -0.25) is 4.68 Å². The molecule has 1 aromatic heterocycles. The Hall–Kier alpha value is -1.91. The SMILES string of the molecule is CCOC(N(c1cccc2c1cnn2C(CC)(CO)c1ccc(Cl)cc1)S(C)(=O)=O)[Si](C)(C)C. The van der Waals surface area contributed by atoms with Crippen LogP contribution in [0.5, 0.6) is 0 Å². The van der Waals surface area contributed by atoms with Crippen LogP contribution in [0.25, 0.3) is 10.9 Å². The lowest BCUT2D eigenvalue weighted by atomic mass is 9.88. The number of nitrogens with zero attached hydrogens (tertiary/aromatic N) is 3. The molecule has 0 aliphatic rings. The average Bonchev–Trinajstić information content (AvgIpc) is 3.20. The summed E-state index contributed by atoms with van der Waals surface area (Å²) in [5.41, 5.74) is 1.28. The fraction of sp³-hybridized carbons (Fsp3) is 0.458. The van der Waals surface area contributed by atoms with Crippen LogP contribution in [0.15, 0.2) is 48.7 Å². The van der Waals surface area contributed by atoms with Crippen LogP contribution in [0, 0.1) is 0 Å². The second-order valence-corrected chi connectivity index (χ2v) is 17.1. The predicted octanol–water partition coefficient (Wildman–Crippen LogP) is 4.84. The van der Waals surface area contributed by atoms with Crippen molar-refractivity contribution in [3.8, 4) is 0 Å². The number of hydrogen-bond acceptors (Lipinski definition) is 5. The van der Waals surface area contributed by atoms with Crippen LogP contribution in [0.1, 0.15) is 25.8 Å². The standard InChI is InChI=1S/C24H34ClN3O4SSi/c1-7-24(17-29,18-12-14-19(25)15-13-18)28-22-11-9-10-21(20(22)16-26-28)27(33(3,30)31)23(32-8-2)34(4,5)6/h9-16,23,29H,7-8,17H2,1-6H3. The lowest BCUT2D eigenvalue weighted by molar-refractivity contribution is 0.119. The van der Waals surface area contributed by atoms with Gasteiger partial charge in [0, 0.05) is 17.0 Å². The van der Waals surface area contributed by atoms with Gasteiger partial charge < -0.3 is 9.84 Å². The van der Waals surface area contributed by atoms with E-state index < -0.39 is 29.5 Å². The van der Waals surface area contributed by atoms with Crippen molar-refractivity contribution in [2.24, 2.45) is 0 Å². The molecule has 2 aromatic carbocycles. The van der Waals surface area contributed by atoms with E-state index in [0.29, 0.717) is 29.1 Å². The summed E-state index contributed by atoms with van der Waals surface area (Å²) in [4.78, 5) is 0. The van der Waals surface area contributed by atoms with Crippen molar-refractivity contribution in [3.63, 3.8) is 0 Å². The Morgan fingerprint density at radius 2 is 1.82 bits per heavy atom. The highest BCUT2D eigenvalue weighted by Crippen LogP contribution is 2.37. The number of hydrogen-bond donors (Lipinski definition) is 1. The van der Waals surface area contributed by atoms with Crippen molar-refractivity contribution in [1.29, 1.82) is 0 Å². The number of halogens is 1. The Bertz CT molecular complexity index is 1240. The van der Waals surface area contributed by atoms with Gasteiger partial charge >= 0.3 is 0 Å². The highest BCUT2D eigenvalue weighted by Gasteiger charge is 2.40. The van der Waals surface area contributed by atoms with Crippen molar-refractivity contribution in [1.82, 2.24) is 9.78 Å². The summed E-state index contributed by atoms with van der Waals surface area (Å²) in [6, 6.07) is 12.9. The molecular formula is C24H34ClN3O4SSi. The van der Waals surface area contributed by atoms with Crippen molar-refractivity contribution in [2.75, 3.05) is 23.8 Å². The molecule has 0 saturated heterocycles. The molecule has 1 heterocycles. The maximum atomic E-state index is 13.1. The summed E-state index contributed by atoms with van der Waals surface area (Å²) in [7, 11) is -5.77. The number of rotatable bonds is 10. The number of benzene rings is 2. The Labute approximate surface area is 208 Å². The van der Waals surface area contributed by atoms with Gasteiger partial charge in [0.15, 0.2) is 0 Å². The van der Waals surface area contributed by atoms with Gasteiger partial charge in [0.05, 0.1) is 30.3 Å². The Kier molecular flexibility index (Phi) is 7.84. The predicted molar refractivity (Wildman–Crippen MR) is 142 cm³/mol. The normalized spacial score (nSPS) is 15.3. The molecule has 10 heteroatoms. The largest absolute Gasteiger partial charge is 0.393 e. The fourth-order valence-corrected chi connectivity index (χ4v) is 8.47. The van der Waals surface area contributed by atoms with Gasteiger partial charge in [-0.15, -0.1) is 0 Å². The number of fused-ring (bicyclic) bond motifs is 1. The molecule has 7 nitrogen and oxygen atoms in total.